The first-order chi connectivity index (χ1) is 8.28. The Bertz CT molecular complexity index is 496. The minimum Gasteiger partial charge on any atom is -0.334 e. The number of aromatic nitrogens is 2. The van der Waals surface area contributed by atoms with Gasteiger partial charge in [0.1, 0.15) is 5.82 Å². The largest absolute Gasteiger partial charge is 0.334 e. The molecule has 0 aliphatic carbocycles. The highest BCUT2D eigenvalue weighted by Crippen LogP contribution is 2.15. The van der Waals surface area contributed by atoms with Gasteiger partial charge in [0.15, 0.2) is 5.03 Å². The van der Waals surface area contributed by atoms with Gasteiger partial charge in [-0.2, -0.15) is 4.31 Å². The van der Waals surface area contributed by atoms with Crippen molar-refractivity contribution in [3.8, 4) is 0 Å². The first-order valence-corrected chi connectivity index (χ1v) is 8.28. The zero-order chi connectivity index (χ0) is 13.9. The zero-order valence-electron chi connectivity index (χ0n) is 11.2. The van der Waals surface area contributed by atoms with Crippen LogP contribution in [0, 0.1) is 6.92 Å². The Hall–Kier alpha value is -0.400. The topological polar surface area (TPSA) is 55.2 Å². The summed E-state index contributed by atoms with van der Waals surface area (Å²) in [6.07, 6.45) is 2.56. The molecule has 18 heavy (non-hydrogen) atoms. The van der Waals surface area contributed by atoms with E-state index in [1.165, 1.54) is 4.31 Å². The fourth-order valence-electron chi connectivity index (χ4n) is 1.68. The number of alkyl halides is 1. The Kier molecular flexibility index (Phi) is 5.36. The molecule has 1 rings (SSSR count). The first kappa shape index (κ1) is 15.7. The standard InChI is InChI=1S/C11H20BrN3O2S/c1-5-6-15-8-11(13-10(15)3)18(16,17)14(4)7-9(2)12/h8-9H,5-7H2,1-4H3. The maximum absolute atomic E-state index is 12.3. The highest BCUT2D eigenvalue weighted by molar-refractivity contribution is 9.09. The van der Waals surface area contributed by atoms with Crippen LogP contribution in [0.4, 0.5) is 0 Å². The molecule has 0 aromatic carbocycles. The average molecular weight is 338 g/mol. The van der Waals surface area contributed by atoms with Gasteiger partial charge in [-0.25, -0.2) is 13.4 Å². The summed E-state index contributed by atoms with van der Waals surface area (Å²) in [6, 6.07) is 0. The third-order valence-corrected chi connectivity index (χ3v) is 4.59. The quantitative estimate of drug-likeness (QED) is 0.746. The third kappa shape index (κ3) is 3.55. The van der Waals surface area contributed by atoms with E-state index in [2.05, 4.69) is 20.9 Å². The molecule has 0 spiro atoms. The zero-order valence-corrected chi connectivity index (χ0v) is 13.6. The molecule has 7 heteroatoms. The highest BCUT2D eigenvalue weighted by Gasteiger charge is 2.25. The molecule has 1 unspecified atom stereocenters. The number of nitrogens with zero attached hydrogens (tertiary/aromatic N) is 3. The Morgan fingerprint density at radius 2 is 2.17 bits per heavy atom. The summed E-state index contributed by atoms with van der Waals surface area (Å²) < 4.78 is 27.7. The van der Waals surface area contributed by atoms with Crippen LogP contribution in [-0.2, 0) is 16.6 Å². The molecule has 104 valence electrons. The van der Waals surface area contributed by atoms with E-state index in [0.29, 0.717) is 6.54 Å². The normalized spacial score (nSPS) is 14.1. The minimum atomic E-state index is -3.48. The number of halogens is 1. The average Bonchev–Trinajstić information content (AvgIpc) is 2.60. The molecule has 0 N–H and O–H groups in total. The van der Waals surface area contributed by atoms with Crippen molar-refractivity contribution in [3.05, 3.63) is 12.0 Å². The lowest BCUT2D eigenvalue weighted by Gasteiger charge is -2.16. The van der Waals surface area contributed by atoms with Crippen LogP contribution < -0.4 is 0 Å². The van der Waals surface area contributed by atoms with Gasteiger partial charge in [0.25, 0.3) is 10.0 Å². The molecule has 0 amide bonds. The number of hydrogen-bond donors (Lipinski definition) is 0. The van der Waals surface area contributed by atoms with E-state index in [4.69, 9.17) is 0 Å². The van der Waals surface area contributed by atoms with Gasteiger partial charge in [0.05, 0.1) is 0 Å². The van der Waals surface area contributed by atoms with Crippen LogP contribution in [0.25, 0.3) is 0 Å². The lowest BCUT2D eigenvalue weighted by atomic mass is 10.5. The van der Waals surface area contributed by atoms with Crippen LogP contribution in [0.5, 0.6) is 0 Å². The minimum absolute atomic E-state index is 0.107. The van der Waals surface area contributed by atoms with Gasteiger partial charge >= 0.3 is 0 Å². The van der Waals surface area contributed by atoms with Gasteiger partial charge in [0, 0.05) is 31.2 Å². The third-order valence-electron chi connectivity index (χ3n) is 2.60. The van der Waals surface area contributed by atoms with Crippen molar-refractivity contribution in [1.29, 1.82) is 0 Å². The van der Waals surface area contributed by atoms with E-state index < -0.39 is 10.0 Å². The van der Waals surface area contributed by atoms with E-state index in [1.807, 2.05) is 25.3 Å². The summed E-state index contributed by atoms with van der Waals surface area (Å²) >= 11 is 3.35. The van der Waals surface area contributed by atoms with Gasteiger partial charge in [-0.05, 0) is 13.3 Å². The molecule has 1 atom stereocenters. The lowest BCUT2D eigenvalue weighted by Crippen LogP contribution is -2.31. The Labute approximate surface area is 117 Å². The summed E-state index contributed by atoms with van der Waals surface area (Å²) in [5.74, 6) is 0.732. The number of rotatable bonds is 6. The smallest absolute Gasteiger partial charge is 0.261 e. The molecule has 0 aliphatic heterocycles. The lowest BCUT2D eigenvalue weighted by molar-refractivity contribution is 0.471. The molecule has 5 nitrogen and oxygen atoms in total. The second kappa shape index (κ2) is 6.16. The second-order valence-corrected chi connectivity index (χ2v) is 7.94. The molecular weight excluding hydrogens is 318 g/mol. The Morgan fingerprint density at radius 3 is 2.67 bits per heavy atom. The first-order valence-electron chi connectivity index (χ1n) is 5.93. The predicted molar refractivity (Wildman–Crippen MR) is 75.5 cm³/mol. The van der Waals surface area contributed by atoms with Crippen LogP contribution in [-0.4, -0.2) is 40.7 Å². The predicted octanol–water partition coefficient (Wildman–Crippen LogP) is 2.01. The molecule has 0 aliphatic rings. The maximum Gasteiger partial charge on any atom is 0.261 e. The monoisotopic (exact) mass is 337 g/mol. The molecule has 0 bridgehead atoms. The van der Waals surface area contributed by atoms with E-state index in [-0.39, 0.29) is 9.85 Å². The van der Waals surface area contributed by atoms with Crippen LogP contribution in [0.2, 0.25) is 0 Å². The van der Waals surface area contributed by atoms with Crippen molar-refractivity contribution in [3.63, 3.8) is 0 Å². The van der Waals surface area contributed by atoms with Crippen molar-refractivity contribution in [2.75, 3.05) is 13.6 Å². The summed E-state index contributed by atoms with van der Waals surface area (Å²) in [7, 11) is -1.91. The van der Waals surface area contributed by atoms with Crippen molar-refractivity contribution >= 4 is 26.0 Å². The SMILES string of the molecule is CCCn1cc(S(=O)(=O)N(C)CC(C)Br)nc1C. The van der Waals surface area contributed by atoms with Crippen LogP contribution in [0.15, 0.2) is 11.2 Å². The fraction of sp³-hybridized carbons (Fsp3) is 0.727. The van der Waals surface area contributed by atoms with Crippen LogP contribution >= 0.6 is 15.9 Å². The van der Waals surface area contributed by atoms with E-state index >= 15 is 0 Å². The van der Waals surface area contributed by atoms with Crippen molar-refractivity contribution in [2.24, 2.45) is 0 Å². The Balaban J connectivity index is 3.01. The van der Waals surface area contributed by atoms with E-state index in [0.717, 1.165) is 18.8 Å². The number of imidazole rings is 1. The second-order valence-electron chi connectivity index (χ2n) is 4.39. The van der Waals surface area contributed by atoms with Crippen LogP contribution in [0.1, 0.15) is 26.1 Å². The number of hydrogen-bond acceptors (Lipinski definition) is 3. The van der Waals surface area contributed by atoms with Crippen molar-refractivity contribution < 1.29 is 8.42 Å². The molecule has 0 saturated carbocycles. The molecule has 1 heterocycles. The van der Waals surface area contributed by atoms with Gasteiger partial charge in [-0.1, -0.05) is 29.8 Å². The molecule has 0 saturated heterocycles. The van der Waals surface area contributed by atoms with E-state index in [1.54, 1.807) is 13.2 Å². The highest BCUT2D eigenvalue weighted by atomic mass is 79.9. The van der Waals surface area contributed by atoms with Gasteiger partial charge in [0.2, 0.25) is 0 Å². The molecule has 1 aromatic rings. The summed E-state index contributed by atoms with van der Waals surface area (Å²) in [5, 5.41) is 0.129. The maximum atomic E-state index is 12.3. The summed E-state index contributed by atoms with van der Waals surface area (Å²) in [6.45, 7) is 6.98. The number of aryl methyl sites for hydroxylation is 2. The fourth-order valence-corrected chi connectivity index (χ4v) is 3.56. The van der Waals surface area contributed by atoms with Gasteiger partial charge in [-0.15, -0.1) is 0 Å². The summed E-state index contributed by atoms with van der Waals surface area (Å²) in [5.41, 5.74) is 0. The van der Waals surface area contributed by atoms with Gasteiger partial charge in [-0.3, -0.25) is 0 Å². The molecular formula is C11H20BrN3O2S. The van der Waals surface area contributed by atoms with Crippen LogP contribution in [0.3, 0.4) is 0 Å². The molecule has 0 radical (unpaired) electrons. The molecule has 1 aromatic heterocycles. The Morgan fingerprint density at radius 1 is 1.56 bits per heavy atom. The summed E-state index contributed by atoms with van der Waals surface area (Å²) in [4.78, 5) is 4.25. The van der Waals surface area contributed by atoms with Crippen molar-refractivity contribution in [1.82, 2.24) is 13.9 Å². The molecule has 0 fully saturated rings. The van der Waals surface area contributed by atoms with E-state index in [9.17, 15) is 8.42 Å². The van der Waals surface area contributed by atoms with Crippen molar-refractivity contribution in [2.45, 2.75) is 43.6 Å². The van der Waals surface area contributed by atoms with Gasteiger partial charge < -0.3 is 4.57 Å². The number of sulfonamides is 1.